The van der Waals surface area contributed by atoms with Gasteiger partial charge in [0.2, 0.25) is 0 Å². The van der Waals surface area contributed by atoms with Crippen molar-refractivity contribution in [2.24, 2.45) is 0 Å². The number of hydrogen-bond donors (Lipinski definition) is 1. The number of methoxy groups -OCH3 is 1. The summed E-state index contributed by atoms with van der Waals surface area (Å²) in [4.78, 5) is 0. The lowest BCUT2D eigenvalue weighted by Crippen LogP contribution is -2.04. The van der Waals surface area contributed by atoms with Crippen molar-refractivity contribution in [3.63, 3.8) is 0 Å². The quantitative estimate of drug-likeness (QED) is 0.879. The summed E-state index contributed by atoms with van der Waals surface area (Å²) < 4.78 is 11.0. The van der Waals surface area contributed by atoms with Crippen LogP contribution in [0.3, 0.4) is 0 Å². The number of thiophene rings is 1. The molecule has 2 rings (SSSR count). The van der Waals surface area contributed by atoms with Gasteiger partial charge in [-0.15, -0.1) is 0 Å². The van der Waals surface area contributed by atoms with Gasteiger partial charge in [-0.05, 0) is 41.4 Å². The number of rotatable bonds is 6. The lowest BCUT2D eigenvalue weighted by molar-refractivity contribution is 0.191. The van der Waals surface area contributed by atoms with E-state index >= 15 is 0 Å². The van der Waals surface area contributed by atoms with Gasteiger partial charge in [-0.2, -0.15) is 11.3 Å². The molecule has 1 atom stereocenters. The average molecular weight is 278 g/mol. The highest BCUT2D eigenvalue weighted by Gasteiger charge is 2.10. The zero-order valence-corrected chi connectivity index (χ0v) is 11.9. The molecule has 0 fully saturated rings. The molecule has 0 radical (unpaired) electrons. The van der Waals surface area contributed by atoms with Crippen LogP contribution in [0.4, 0.5) is 0 Å². The molecule has 1 N–H and O–H groups in total. The predicted octanol–water partition coefficient (Wildman–Crippen LogP) is 3.43. The number of aliphatic hydroxyl groups excluding tert-OH is 1. The van der Waals surface area contributed by atoms with E-state index in [0.29, 0.717) is 12.4 Å². The molecule has 0 saturated carbocycles. The van der Waals surface area contributed by atoms with E-state index in [-0.39, 0.29) is 0 Å². The summed E-state index contributed by atoms with van der Waals surface area (Å²) in [7, 11) is 1.62. The molecule has 102 valence electrons. The molecule has 0 aliphatic heterocycles. The van der Waals surface area contributed by atoms with Crippen LogP contribution < -0.4 is 9.47 Å². The Balaban J connectivity index is 2.04. The minimum absolute atomic E-state index is 0.554. The Morgan fingerprint density at radius 2 is 2.16 bits per heavy atom. The van der Waals surface area contributed by atoms with Crippen LogP contribution in [0.5, 0.6) is 11.5 Å². The molecule has 0 aliphatic rings. The molecule has 1 heterocycles. The number of ether oxygens (including phenoxy) is 2. The second-order valence-corrected chi connectivity index (χ2v) is 5.09. The Labute approximate surface area is 117 Å². The molecule has 0 bridgehead atoms. The molecule has 4 heteroatoms. The first-order valence-corrected chi connectivity index (χ1v) is 7.15. The standard InChI is InChI=1S/C15H18O3S/c1-11(16)14-4-3-13(17-2)9-15(14)18-7-5-12-6-8-19-10-12/h3-4,6,8-11,16H,5,7H2,1-2H3/t11-/m1/s1. The van der Waals surface area contributed by atoms with Crippen molar-refractivity contribution in [2.45, 2.75) is 19.4 Å². The highest BCUT2D eigenvalue weighted by molar-refractivity contribution is 7.07. The second-order valence-electron chi connectivity index (χ2n) is 4.31. The van der Waals surface area contributed by atoms with E-state index in [1.165, 1.54) is 5.56 Å². The van der Waals surface area contributed by atoms with E-state index in [1.807, 2.05) is 18.2 Å². The summed E-state index contributed by atoms with van der Waals surface area (Å²) in [5.41, 5.74) is 2.05. The van der Waals surface area contributed by atoms with Crippen molar-refractivity contribution < 1.29 is 14.6 Å². The van der Waals surface area contributed by atoms with Gasteiger partial charge in [0.15, 0.2) is 0 Å². The van der Waals surface area contributed by atoms with Crippen LogP contribution in [0.15, 0.2) is 35.0 Å². The van der Waals surface area contributed by atoms with Gasteiger partial charge in [-0.25, -0.2) is 0 Å². The van der Waals surface area contributed by atoms with Crippen LogP contribution >= 0.6 is 11.3 Å². The van der Waals surface area contributed by atoms with Crippen molar-refractivity contribution in [3.05, 3.63) is 46.2 Å². The molecule has 0 aliphatic carbocycles. The molecule has 0 spiro atoms. The van der Waals surface area contributed by atoms with Crippen LogP contribution in [-0.2, 0) is 6.42 Å². The van der Waals surface area contributed by atoms with Crippen molar-refractivity contribution in [2.75, 3.05) is 13.7 Å². The lowest BCUT2D eigenvalue weighted by atomic mass is 10.1. The third-order valence-electron chi connectivity index (χ3n) is 2.90. The fourth-order valence-corrected chi connectivity index (χ4v) is 2.53. The highest BCUT2D eigenvalue weighted by Crippen LogP contribution is 2.29. The van der Waals surface area contributed by atoms with E-state index in [1.54, 1.807) is 25.4 Å². The van der Waals surface area contributed by atoms with Crippen LogP contribution in [0, 0.1) is 0 Å². The summed E-state index contributed by atoms with van der Waals surface area (Å²) >= 11 is 1.68. The Morgan fingerprint density at radius 1 is 1.32 bits per heavy atom. The van der Waals surface area contributed by atoms with Gasteiger partial charge < -0.3 is 14.6 Å². The van der Waals surface area contributed by atoms with Gasteiger partial charge in [-0.3, -0.25) is 0 Å². The molecule has 0 unspecified atom stereocenters. The maximum absolute atomic E-state index is 9.73. The van der Waals surface area contributed by atoms with Gasteiger partial charge in [0.25, 0.3) is 0 Å². The molecule has 3 nitrogen and oxygen atoms in total. The van der Waals surface area contributed by atoms with Gasteiger partial charge in [0.05, 0.1) is 19.8 Å². The average Bonchev–Trinajstić information content (AvgIpc) is 2.91. The highest BCUT2D eigenvalue weighted by atomic mass is 32.1. The Bertz CT molecular complexity index is 506. The largest absolute Gasteiger partial charge is 0.497 e. The van der Waals surface area contributed by atoms with Gasteiger partial charge in [0.1, 0.15) is 11.5 Å². The first kappa shape index (κ1) is 13.9. The summed E-state index contributed by atoms with van der Waals surface area (Å²) in [6.45, 7) is 2.32. The van der Waals surface area contributed by atoms with E-state index in [4.69, 9.17) is 9.47 Å². The van der Waals surface area contributed by atoms with Gasteiger partial charge in [0, 0.05) is 18.1 Å². The molecule has 2 aromatic rings. The molecule has 0 amide bonds. The zero-order valence-electron chi connectivity index (χ0n) is 11.1. The monoisotopic (exact) mass is 278 g/mol. The zero-order chi connectivity index (χ0) is 13.7. The van der Waals surface area contributed by atoms with E-state index in [0.717, 1.165) is 17.7 Å². The Hall–Kier alpha value is -1.52. The first-order valence-electron chi connectivity index (χ1n) is 6.20. The van der Waals surface area contributed by atoms with Crippen LogP contribution in [0.1, 0.15) is 24.2 Å². The van der Waals surface area contributed by atoms with E-state index in [2.05, 4.69) is 16.8 Å². The molecule has 1 aromatic carbocycles. The van der Waals surface area contributed by atoms with E-state index in [9.17, 15) is 5.11 Å². The smallest absolute Gasteiger partial charge is 0.128 e. The number of hydrogen-bond acceptors (Lipinski definition) is 4. The third kappa shape index (κ3) is 3.72. The van der Waals surface area contributed by atoms with Crippen molar-refractivity contribution in [3.8, 4) is 11.5 Å². The molecule has 0 saturated heterocycles. The van der Waals surface area contributed by atoms with Crippen LogP contribution in [0.25, 0.3) is 0 Å². The van der Waals surface area contributed by atoms with Crippen molar-refractivity contribution in [1.29, 1.82) is 0 Å². The van der Waals surface area contributed by atoms with Crippen LogP contribution in [0.2, 0.25) is 0 Å². The fourth-order valence-electron chi connectivity index (χ4n) is 1.83. The molecular weight excluding hydrogens is 260 g/mol. The summed E-state index contributed by atoms with van der Waals surface area (Å²) in [6.07, 6.45) is 0.307. The van der Waals surface area contributed by atoms with Crippen LogP contribution in [-0.4, -0.2) is 18.8 Å². The first-order chi connectivity index (χ1) is 9.20. The van der Waals surface area contributed by atoms with E-state index < -0.39 is 6.10 Å². The number of benzene rings is 1. The summed E-state index contributed by atoms with van der Waals surface area (Å²) in [6, 6.07) is 7.57. The Morgan fingerprint density at radius 3 is 2.79 bits per heavy atom. The maximum atomic E-state index is 9.73. The van der Waals surface area contributed by atoms with Gasteiger partial charge >= 0.3 is 0 Å². The lowest BCUT2D eigenvalue weighted by Gasteiger charge is -2.14. The maximum Gasteiger partial charge on any atom is 0.128 e. The molecule has 1 aromatic heterocycles. The summed E-state index contributed by atoms with van der Waals surface area (Å²) in [5, 5.41) is 13.9. The number of aliphatic hydroxyl groups is 1. The molecule has 19 heavy (non-hydrogen) atoms. The second kappa shape index (κ2) is 6.59. The van der Waals surface area contributed by atoms with Crippen molar-refractivity contribution >= 4 is 11.3 Å². The minimum atomic E-state index is -0.554. The summed E-state index contributed by atoms with van der Waals surface area (Å²) in [5.74, 6) is 1.42. The SMILES string of the molecule is COc1ccc([C@@H](C)O)c(OCCc2ccsc2)c1. The van der Waals surface area contributed by atoms with Gasteiger partial charge in [-0.1, -0.05) is 0 Å². The van der Waals surface area contributed by atoms with Crippen molar-refractivity contribution in [1.82, 2.24) is 0 Å². The predicted molar refractivity (Wildman–Crippen MR) is 77.1 cm³/mol. The fraction of sp³-hybridized carbons (Fsp3) is 0.333. The third-order valence-corrected chi connectivity index (χ3v) is 3.63. The minimum Gasteiger partial charge on any atom is -0.497 e. The topological polar surface area (TPSA) is 38.7 Å². The Kier molecular flexibility index (Phi) is 4.82. The normalized spacial score (nSPS) is 12.2. The molecular formula is C15H18O3S.